The largest absolute Gasteiger partial charge is 0.493 e. The molecule has 1 heterocycles. The minimum Gasteiger partial charge on any atom is -0.493 e. The van der Waals surface area contributed by atoms with E-state index in [-0.39, 0.29) is 11.7 Å². The van der Waals surface area contributed by atoms with E-state index in [1.54, 1.807) is 46.9 Å². The molecule has 0 fully saturated rings. The van der Waals surface area contributed by atoms with Crippen molar-refractivity contribution >= 4 is 27.4 Å². The van der Waals surface area contributed by atoms with Gasteiger partial charge in [0.25, 0.3) is 0 Å². The molecular formula is C30H35BrN2O5. The molecule has 0 saturated heterocycles. The fourth-order valence-corrected chi connectivity index (χ4v) is 4.79. The number of carbonyl (C=O) groups excluding carboxylic acids is 1. The molecule has 0 radical (unpaired) electrons. The Balaban J connectivity index is 1.76. The summed E-state index contributed by atoms with van der Waals surface area (Å²) in [5, 5.41) is 6.39. The predicted octanol–water partition coefficient (Wildman–Crippen LogP) is 6.00. The Bertz CT molecular complexity index is 1220. The molecule has 0 aliphatic carbocycles. The number of carbonyl (C=O) groups is 1. The van der Waals surface area contributed by atoms with Gasteiger partial charge >= 0.3 is 0 Å². The highest BCUT2D eigenvalue weighted by Gasteiger charge is 2.15. The van der Waals surface area contributed by atoms with Crippen molar-refractivity contribution < 1.29 is 23.7 Å². The molecule has 8 heteroatoms. The molecule has 2 N–H and O–H groups in total. The van der Waals surface area contributed by atoms with Crippen LogP contribution in [0.25, 0.3) is 0 Å². The summed E-state index contributed by atoms with van der Waals surface area (Å²) in [6.07, 6.45) is 14.4. The van der Waals surface area contributed by atoms with Gasteiger partial charge in [0, 0.05) is 36.5 Å². The normalized spacial score (nSPS) is 18.2. The molecule has 0 spiro atoms. The summed E-state index contributed by atoms with van der Waals surface area (Å²) in [6, 6.07) is 7.97. The minimum absolute atomic E-state index is 0.00962. The number of hydrogen-bond acceptors (Lipinski definition) is 7. The average molecular weight is 584 g/mol. The zero-order chi connectivity index (χ0) is 27.5. The Labute approximate surface area is 233 Å². The van der Waals surface area contributed by atoms with Crippen LogP contribution in [0.1, 0.15) is 18.1 Å². The third kappa shape index (κ3) is 7.44. The van der Waals surface area contributed by atoms with E-state index >= 15 is 0 Å². The maximum atomic E-state index is 12.9. The standard InChI is InChI=1S/C30H35BrN2O5/c1-20-9-7-6-8-13-32-19-23(20)26(34)12-14-33-25-16-21(15-24(31)29(25)37-4)10-11-22-17-27(35-2)30(38-5)28(18-22)36-3/h6-9,12,14-20,32-33H,10-11,13H2,1-5H3/b8-6-,9-7-,14-12-,23-19+. The molecule has 0 bridgehead atoms. The fraction of sp³-hybridized carbons (Fsp3) is 0.300. The molecular weight excluding hydrogens is 548 g/mol. The van der Waals surface area contributed by atoms with Crippen molar-refractivity contribution in [2.45, 2.75) is 19.8 Å². The van der Waals surface area contributed by atoms with E-state index in [9.17, 15) is 4.79 Å². The van der Waals surface area contributed by atoms with Crippen molar-refractivity contribution in [1.29, 1.82) is 0 Å². The molecule has 1 atom stereocenters. The van der Waals surface area contributed by atoms with Crippen molar-refractivity contribution in [1.82, 2.24) is 5.32 Å². The topological polar surface area (TPSA) is 78.1 Å². The highest BCUT2D eigenvalue weighted by Crippen LogP contribution is 2.39. The molecule has 2 aromatic rings. The molecule has 1 unspecified atom stereocenters. The molecule has 7 nitrogen and oxygen atoms in total. The van der Waals surface area contributed by atoms with Gasteiger partial charge in [0.05, 0.1) is 38.6 Å². The summed E-state index contributed by atoms with van der Waals surface area (Å²) < 4.78 is 22.8. The van der Waals surface area contributed by atoms with E-state index < -0.39 is 0 Å². The highest BCUT2D eigenvalue weighted by atomic mass is 79.9. The first kappa shape index (κ1) is 28.9. The number of allylic oxidation sites excluding steroid dienone is 5. The lowest BCUT2D eigenvalue weighted by Crippen LogP contribution is -2.13. The van der Waals surface area contributed by atoms with E-state index in [2.05, 4.69) is 26.6 Å². The number of aryl methyl sites for hydroxylation is 2. The maximum absolute atomic E-state index is 12.9. The van der Waals surface area contributed by atoms with Gasteiger partial charge in [0.2, 0.25) is 5.75 Å². The second-order valence-corrected chi connectivity index (χ2v) is 9.50. The van der Waals surface area contributed by atoms with E-state index in [1.165, 1.54) is 0 Å². The first-order valence-electron chi connectivity index (χ1n) is 12.3. The first-order chi connectivity index (χ1) is 18.4. The van der Waals surface area contributed by atoms with Crippen LogP contribution in [0.15, 0.2) is 77.1 Å². The Hall–Kier alpha value is -3.65. The summed E-state index contributed by atoms with van der Waals surface area (Å²) in [5.41, 5.74) is 3.59. The van der Waals surface area contributed by atoms with Gasteiger partial charge in [-0.25, -0.2) is 0 Å². The molecule has 0 saturated carbocycles. The quantitative estimate of drug-likeness (QED) is 0.315. The van der Waals surface area contributed by atoms with Crippen LogP contribution in [0, 0.1) is 5.92 Å². The van der Waals surface area contributed by atoms with Gasteiger partial charge in [-0.1, -0.05) is 31.2 Å². The SMILES string of the molecule is COc1cc(CCc2cc(Br)c(OC)c(N/C=C\C(=O)/C3=C/NC/C=C\C=C/C3C)c2)cc(OC)c1OC. The average Bonchev–Trinajstić information content (AvgIpc) is 3.02. The van der Waals surface area contributed by atoms with Crippen LogP contribution in [0.3, 0.4) is 0 Å². The molecule has 1 aliphatic heterocycles. The van der Waals surface area contributed by atoms with Crippen LogP contribution in [-0.2, 0) is 17.6 Å². The van der Waals surface area contributed by atoms with Crippen molar-refractivity contribution in [3.05, 3.63) is 88.2 Å². The van der Waals surface area contributed by atoms with Crippen LogP contribution in [-0.4, -0.2) is 40.8 Å². The fourth-order valence-electron chi connectivity index (χ4n) is 4.13. The molecule has 2 aromatic carbocycles. The van der Waals surface area contributed by atoms with Crippen molar-refractivity contribution in [3.63, 3.8) is 0 Å². The Morgan fingerprint density at radius 3 is 2.26 bits per heavy atom. The van der Waals surface area contributed by atoms with E-state index in [0.29, 0.717) is 35.1 Å². The first-order valence-corrected chi connectivity index (χ1v) is 13.1. The number of methoxy groups -OCH3 is 4. The van der Waals surface area contributed by atoms with E-state index in [4.69, 9.17) is 18.9 Å². The molecule has 38 heavy (non-hydrogen) atoms. The second-order valence-electron chi connectivity index (χ2n) is 8.64. The molecule has 0 aromatic heterocycles. The van der Waals surface area contributed by atoms with Crippen LogP contribution in [0.2, 0.25) is 0 Å². The van der Waals surface area contributed by atoms with Gasteiger partial charge in [0.15, 0.2) is 23.0 Å². The molecule has 1 aliphatic rings. The lowest BCUT2D eigenvalue weighted by atomic mass is 9.97. The number of benzene rings is 2. The van der Waals surface area contributed by atoms with E-state index in [0.717, 1.165) is 34.1 Å². The molecule has 202 valence electrons. The summed E-state index contributed by atoms with van der Waals surface area (Å²) in [5.74, 6) is 2.40. The van der Waals surface area contributed by atoms with Crippen LogP contribution < -0.4 is 29.6 Å². The highest BCUT2D eigenvalue weighted by molar-refractivity contribution is 9.10. The summed E-state index contributed by atoms with van der Waals surface area (Å²) >= 11 is 3.62. The van der Waals surface area contributed by atoms with Gasteiger partial charge in [0.1, 0.15) is 0 Å². The Morgan fingerprint density at radius 2 is 1.63 bits per heavy atom. The summed E-state index contributed by atoms with van der Waals surface area (Å²) in [4.78, 5) is 12.9. The zero-order valence-electron chi connectivity index (χ0n) is 22.5. The van der Waals surface area contributed by atoms with Crippen LogP contribution >= 0.6 is 15.9 Å². The lowest BCUT2D eigenvalue weighted by molar-refractivity contribution is -0.111. The molecule has 3 rings (SSSR count). The Kier molecular flexibility index (Phi) is 10.9. The van der Waals surface area contributed by atoms with Gasteiger partial charge in [-0.3, -0.25) is 4.79 Å². The number of halogens is 1. The predicted molar refractivity (Wildman–Crippen MR) is 155 cm³/mol. The number of hydrogen-bond donors (Lipinski definition) is 2. The minimum atomic E-state index is -0.0689. The number of ether oxygens (including phenoxy) is 4. The van der Waals surface area contributed by atoms with E-state index in [1.807, 2.05) is 55.5 Å². The lowest BCUT2D eigenvalue weighted by Gasteiger charge is -2.15. The number of rotatable bonds is 11. The van der Waals surface area contributed by atoms with Crippen LogP contribution in [0.4, 0.5) is 5.69 Å². The third-order valence-corrected chi connectivity index (χ3v) is 6.71. The van der Waals surface area contributed by atoms with Crippen molar-refractivity contribution in [3.8, 4) is 23.0 Å². The van der Waals surface area contributed by atoms with Gasteiger partial charge in [-0.2, -0.15) is 0 Å². The molecule has 0 amide bonds. The monoisotopic (exact) mass is 582 g/mol. The van der Waals surface area contributed by atoms with Gasteiger partial charge in [-0.15, -0.1) is 0 Å². The summed E-state index contributed by atoms with van der Waals surface area (Å²) in [6.45, 7) is 2.67. The van der Waals surface area contributed by atoms with Gasteiger partial charge < -0.3 is 29.6 Å². The van der Waals surface area contributed by atoms with Crippen molar-refractivity contribution in [2.75, 3.05) is 40.3 Å². The van der Waals surface area contributed by atoms with Crippen molar-refractivity contribution in [2.24, 2.45) is 5.92 Å². The number of ketones is 1. The zero-order valence-corrected chi connectivity index (χ0v) is 24.1. The summed E-state index contributed by atoms with van der Waals surface area (Å²) in [7, 11) is 6.43. The van der Waals surface area contributed by atoms with Gasteiger partial charge in [-0.05, 0) is 64.2 Å². The second kappa shape index (κ2) is 14.3. The van der Waals surface area contributed by atoms with Crippen LogP contribution in [0.5, 0.6) is 23.0 Å². The maximum Gasteiger partial charge on any atom is 0.203 e. The Morgan fingerprint density at radius 1 is 0.974 bits per heavy atom. The number of anilines is 1. The third-order valence-electron chi connectivity index (χ3n) is 6.12. The smallest absolute Gasteiger partial charge is 0.203 e. The number of nitrogens with one attached hydrogen (secondary N) is 2.